The molecule has 30 heavy (non-hydrogen) atoms. The average Bonchev–Trinajstić information content (AvgIpc) is 3.42. The third kappa shape index (κ3) is 3.14. The fourth-order valence-electron chi connectivity index (χ4n) is 4.93. The Balaban J connectivity index is 1.37. The summed E-state index contributed by atoms with van der Waals surface area (Å²) in [6.45, 7) is 2.04. The Bertz CT molecular complexity index is 1080. The van der Waals surface area contributed by atoms with Gasteiger partial charge in [0.25, 0.3) is 5.91 Å². The van der Waals surface area contributed by atoms with Crippen molar-refractivity contribution < 1.29 is 9.59 Å². The molecule has 3 aromatic rings. The molecule has 7 nitrogen and oxygen atoms in total. The Hall–Kier alpha value is -3.22. The number of rotatable bonds is 4. The maximum absolute atomic E-state index is 13.6. The topological polar surface area (TPSA) is 82.2 Å². The first kappa shape index (κ1) is 18.8. The van der Waals surface area contributed by atoms with Gasteiger partial charge in [0.05, 0.1) is 6.20 Å². The van der Waals surface area contributed by atoms with Crippen molar-refractivity contribution in [3.8, 4) is 0 Å². The van der Waals surface area contributed by atoms with Crippen LogP contribution in [-0.2, 0) is 11.2 Å². The predicted molar refractivity (Wildman–Crippen MR) is 113 cm³/mol. The van der Waals surface area contributed by atoms with Gasteiger partial charge in [-0.3, -0.25) is 14.7 Å². The molecule has 0 saturated carbocycles. The minimum atomic E-state index is -0.726. The summed E-state index contributed by atoms with van der Waals surface area (Å²) in [5.74, 6) is -0.0691. The van der Waals surface area contributed by atoms with Crippen LogP contribution >= 0.6 is 0 Å². The van der Waals surface area contributed by atoms with Crippen LogP contribution in [0.25, 0.3) is 11.0 Å². The number of likely N-dealkylation sites (tertiary alicyclic amines) is 2. The van der Waals surface area contributed by atoms with Crippen molar-refractivity contribution in [2.24, 2.45) is 0 Å². The van der Waals surface area contributed by atoms with Crippen LogP contribution in [0.2, 0.25) is 0 Å². The monoisotopic (exact) mass is 403 g/mol. The van der Waals surface area contributed by atoms with E-state index < -0.39 is 5.54 Å². The number of H-pyrrole nitrogens is 1. The number of carbonyl (C=O) groups is 2. The molecule has 1 N–H and O–H groups in total. The highest BCUT2D eigenvalue weighted by atomic mass is 16.2. The lowest BCUT2D eigenvalue weighted by molar-refractivity contribution is -0.145. The van der Waals surface area contributed by atoms with Crippen molar-refractivity contribution in [1.82, 2.24) is 25.0 Å². The molecule has 7 heteroatoms. The van der Waals surface area contributed by atoms with Gasteiger partial charge in [-0.1, -0.05) is 30.3 Å². The van der Waals surface area contributed by atoms with E-state index in [1.807, 2.05) is 29.2 Å². The van der Waals surface area contributed by atoms with Gasteiger partial charge in [0, 0.05) is 25.0 Å². The Morgan fingerprint density at radius 3 is 2.70 bits per heavy atom. The Labute approximate surface area is 175 Å². The minimum Gasteiger partial charge on any atom is -0.340 e. The van der Waals surface area contributed by atoms with Gasteiger partial charge in [-0.25, -0.2) is 4.98 Å². The van der Waals surface area contributed by atoms with Crippen molar-refractivity contribution in [2.75, 3.05) is 19.6 Å². The number of carbonyl (C=O) groups excluding carboxylic acids is 2. The highest BCUT2D eigenvalue weighted by Crippen LogP contribution is 2.39. The van der Waals surface area contributed by atoms with Crippen LogP contribution in [0.15, 0.2) is 48.7 Å². The Kier molecular flexibility index (Phi) is 4.73. The molecule has 2 aliphatic rings. The summed E-state index contributed by atoms with van der Waals surface area (Å²) < 4.78 is 0. The molecule has 1 aromatic carbocycles. The van der Waals surface area contributed by atoms with Gasteiger partial charge >= 0.3 is 0 Å². The summed E-state index contributed by atoms with van der Waals surface area (Å²) >= 11 is 0. The molecule has 1 unspecified atom stereocenters. The number of nitrogens with zero attached hydrogens (tertiary/aromatic N) is 4. The lowest BCUT2D eigenvalue weighted by Crippen LogP contribution is -2.61. The van der Waals surface area contributed by atoms with Gasteiger partial charge in [0.1, 0.15) is 11.2 Å². The summed E-state index contributed by atoms with van der Waals surface area (Å²) in [4.78, 5) is 35.1. The Morgan fingerprint density at radius 2 is 1.87 bits per heavy atom. The lowest BCUT2D eigenvalue weighted by atomic mass is 9.85. The molecule has 5 rings (SSSR count). The fraction of sp³-hybridized carbons (Fsp3) is 0.391. The standard InChI is InChI=1S/C23H25N5O2/c29-21(19-9-8-18-16-24-26-20(18)25-19)28-14-5-12-23(28)11-4-13-27(22(23)30)15-10-17-6-2-1-3-7-17/h1-3,6-9,16H,4-5,10-15H2,(H,24,25,26). The number of benzene rings is 1. The quantitative estimate of drug-likeness (QED) is 0.726. The van der Waals surface area contributed by atoms with Crippen LogP contribution in [0.1, 0.15) is 41.7 Å². The number of hydrogen-bond acceptors (Lipinski definition) is 4. The predicted octanol–water partition coefficient (Wildman–Crippen LogP) is 2.80. The van der Waals surface area contributed by atoms with Gasteiger partial charge in [-0.15, -0.1) is 0 Å². The van der Waals surface area contributed by atoms with E-state index >= 15 is 0 Å². The zero-order valence-corrected chi connectivity index (χ0v) is 16.9. The van der Waals surface area contributed by atoms with Crippen LogP contribution in [-0.4, -0.2) is 62.0 Å². The molecular weight excluding hydrogens is 378 g/mol. The second-order valence-electron chi connectivity index (χ2n) is 8.23. The second-order valence-corrected chi connectivity index (χ2v) is 8.23. The van der Waals surface area contributed by atoms with Gasteiger partial charge in [-0.05, 0) is 49.8 Å². The maximum atomic E-state index is 13.6. The SMILES string of the molecule is O=C(c1ccc2cn[nH]c2n1)N1CCCC12CCCN(CCc1ccccc1)C2=O. The summed E-state index contributed by atoms with van der Waals surface area (Å²) in [6.07, 6.45) is 5.73. The second kappa shape index (κ2) is 7.55. The molecular formula is C23H25N5O2. The third-order valence-electron chi connectivity index (χ3n) is 6.47. The number of aromatic amines is 1. The summed E-state index contributed by atoms with van der Waals surface area (Å²) in [5.41, 5.74) is 1.45. The number of amides is 2. The smallest absolute Gasteiger partial charge is 0.273 e. The zero-order chi connectivity index (χ0) is 20.6. The van der Waals surface area contributed by atoms with E-state index in [0.717, 1.165) is 44.0 Å². The van der Waals surface area contributed by atoms with E-state index in [1.165, 1.54) is 5.56 Å². The van der Waals surface area contributed by atoms with Crippen LogP contribution in [0.4, 0.5) is 0 Å². The molecule has 0 aliphatic carbocycles. The number of hydrogen-bond donors (Lipinski definition) is 1. The van der Waals surface area contributed by atoms with E-state index in [-0.39, 0.29) is 11.8 Å². The van der Waals surface area contributed by atoms with Crippen molar-refractivity contribution >= 4 is 22.8 Å². The van der Waals surface area contributed by atoms with E-state index in [2.05, 4.69) is 27.3 Å². The molecule has 1 spiro atoms. The largest absolute Gasteiger partial charge is 0.340 e. The van der Waals surface area contributed by atoms with Gasteiger partial charge < -0.3 is 9.80 Å². The first-order chi connectivity index (χ1) is 14.7. The van der Waals surface area contributed by atoms with Crippen LogP contribution < -0.4 is 0 Å². The van der Waals surface area contributed by atoms with Gasteiger partial charge in [-0.2, -0.15) is 5.10 Å². The summed E-state index contributed by atoms with van der Waals surface area (Å²) in [7, 11) is 0. The molecule has 2 aromatic heterocycles. The maximum Gasteiger partial charge on any atom is 0.273 e. The lowest BCUT2D eigenvalue weighted by Gasteiger charge is -2.44. The fourth-order valence-corrected chi connectivity index (χ4v) is 4.93. The summed E-state index contributed by atoms with van der Waals surface area (Å²) in [6, 6.07) is 13.8. The van der Waals surface area contributed by atoms with E-state index in [9.17, 15) is 9.59 Å². The number of nitrogens with one attached hydrogen (secondary N) is 1. The van der Waals surface area contributed by atoms with Crippen molar-refractivity contribution in [3.63, 3.8) is 0 Å². The van der Waals surface area contributed by atoms with E-state index in [1.54, 1.807) is 17.2 Å². The van der Waals surface area contributed by atoms with Crippen LogP contribution in [0.5, 0.6) is 0 Å². The first-order valence-electron chi connectivity index (χ1n) is 10.6. The highest BCUT2D eigenvalue weighted by Gasteiger charge is 2.52. The first-order valence-corrected chi connectivity index (χ1v) is 10.6. The van der Waals surface area contributed by atoms with Gasteiger partial charge in [0.2, 0.25) is 5.91 Å². The van der Waals surface area contributed by atoms with Crippen LogP contribution in [0.3, 0.4) is 0 Å². The van der Waals surface area contributed by atoms with Crippen molar-refractivity contribution in [3.05, 3.63) is 59.9 Å². The molecule has 2 saturated heterocycles. The molecule has 2 amide bonds. The van der Waals surface area contributed by atoms with E-state index in [4.69, 9.17) is 0 Å². The number of pyridine rings is 1. The molecule has 2 fully saturated rings. The summed E-state index contributed by atoms with van der Waals surface area (Å²) in [5, 5.41) is 7.66. The molecule has 2 aliphatic heterocycles. The normalized spacial score (nSPS) is 21.7. The van der Waals surface area contributed by atoms with Crippen molar-refractivity contribution in [1.29, 1.82) is 0 Å². The molecule has 154 valence electrons. The average molecular weight is 403 g/mol. The minimum absolute atomic E-state index is 0.0955. The number of fused-ring (bicyclic) bond motifs is 1. The zero-order valence-electron chi connectivity index (χ0n) is 16.9. The number of piperidine rings is 1. The van der Waals surface area contributed by atoms with Crippen molar-refractivity contribution in [2.45, 2.75) is 37.6 Å². The van der Waals surface area contributed by atoms with E-state index in [0.29, 0.717) is 24.4 Å². The number of aromatic nitrogens is 3. The molecule has 0 bridgehead atoms. The van der Waals surface area contributed by atoms with Crippen LogP contribution in [0, 0.1) is 0 Å². The highest BCUT2D eigenvalue weighted by molar-refractivity contribution is 5.99. The Morgan fingerprint density at radius 1 is 1.07 bits per heavy atom. The van der Waals surface area contributed by atoms with Gasteiger partial charge in [0.15, 0.2) is 5.65 Å². The molecule has 1 atom stereocenters. The third-order valence-corrected chi connectivity index (χ3v) is 6.47. The molecule has 4 heterocycles. The molecule has 0 radical (unpaired) electrons.